The van der Waals surface area contributed by atoms with Crippen LogP contribution in [0.1, 0.15) is 20.8 Å². The Hall–Kier alpha value is -1.86. The molecule has 3 rings (SSSR count). The molecule has 0 N–H and O–H groups in total. The van der Waals surface area contributed by atoms with E-state index in [9.17, 15) is 18.0 Å². The third-order valence-electron chi connectivity index (χ3n) is 4.11. The van der Waals surface area contributed by atoms with Gasteiger partial charge in [-0.3, -0.25) is 9.69 Å². The maximum absolute atomic E-state index is 13.1. The molecule has 0 spiro atoms. The number of amides is 1. The predicted octanol–water partition coefficient (Wildman–Crippen LogP) is 3.72. The highest BCUT2D eigenvalue weighted by Gasteiger charge is 2.33. The maximum Gasteiger partial charge on any atom is 0.416 e. The van der Waals surface area contributed by atoms with Gasteiger partial charge in [0.1, 0.15) is 0 Å². The summed E-state index contributed by atoms with van der Waals surface area (Å²) in [6.07, 6.45) is -4.34. The molecule has 1 aromatic carbocycles. The summed E-state index contributed by atoms with van der Waals surface area (Å²) in [5.74, 6) is 0.000316. The molecule has 1 aliphatic heterocycles. The number of nitrogens with zero attached hydrogens (tertiary/aromatic N) is 2. The van der Waals surface area contributed by atoms with Crippen LogP contribution in [0.5, 0.6) is 0 Å². The van der Waals surface area contributed by atoms with Gasteiger partial charge >= 0.3 is 6.18 Å². The molecule has 2 heterocycles. The second-order valence-corrected chi connectivity index (χ2v) is 6.65. The van der Waals surface area contributed by atoms with E-state index in [0.29, 0.717) is 31.1 Å². The number of carbonyl (C=O) groups excluding carboxylic acids is 1. The minimum Gasteiger partial charge on any atom is -0.335 e. The first-order chi connectivity index (χ1) is 11.4. The highest BCUT2D eigenvalue weighted by molar-refractivity contribution is 7.12. The molecule has 0 unspecified atom stereocenters. The highest BCUT2D eigenvalue weighted by atomic mass is 32.1. The Morgan fingerprint density at radius 1 is 1.04 bits per heavy atom. The van der Waals surface area contributed by atoms with Gasteiger partial charge in [-0.2, -0.15) is 13.2 Å². The van der Waals surface area contributed by atoms with Gasteiger partial charge in [0, 0.05) is 32.7 Å². The normalized spacial score (nSPS) is 16.4. The van der Waals surface area contributed by atoms with Crippen molar-refractivity contribution in [1.29, 1.82) is 0 Å². The van der Waals surface area contributed by atoms with Crippen molar-refractivity contribution < 1.29 is 18.0 Å². The first-order valence-electron chi connectivity index (χ1n) is 7.65. The van der Waals surface area contributed by atoms with E-state index in [1.807, 2.05) is 16.3 Å². The van der Waals surface area contributed by atoms with Crippen LogP contribution in [0.15, 0.2) is 41.8 Å². The van der Waals surface area contributed by atoms with Crippen LogP contribution in [0.3, 0.4) is 0 Å². The zero-order valence-corrected chi connectivity index (χ0v) is 13.7. The number of hydrogen-bond donors (Lipinski definition) is 0. The van der Waals surface area contributed by atoms with E-state index in [4.69, 9.17) is 0 Å². The topological polar surface area (TPSA) is 23.6 Å². The molecule has 1 fully saturated rings. The van der Waals surface area contributed by atoms with Crippen LogP contribution in [0.25, 0.3) is 0 Å². The highest BCUT2D eigenvalue weighted by Crippen LogP contribution is 2.32. The van der Waals surface area contributed by atoms with Gasteiger partial charge in [0.05, 0.1) is 10.4 Å². The molecule has 128 valence electrons. The lowest BCUT2D eigenvalue weighted by Gasteiger charge is -2.35. The molecule has 1 saturated heterocycles. The fourth-order valence-corrected chi connectivity index (χ4v) is 3.53. The standard InChI is InChI=1S/C17H17F3N2OS/c18-17(19,20)14-5-2-1-4-13(14)12-21-7-9-22(10-8-21)16(23)15-6-3-11-24-15/h1-6,11H,7-10,12H2. The summed E-state index contributed by atoms with van der Waals surface area (Å²) in [5, 5.41) is 1.86. The fraction of sp³-hybridized carbons (Fsp3) is 0.353. The number of benzene rings is 1. The van der Waals surface area contributed by atoms with Crippen LogP contribution in [-0.4, -0.2) is 41.9 Å². The van der Waals surface area contributed by atoms with Crippen molar-refractivity contribution in [1.82, 2.24) is 9.80 Å². The van der Waals surface area contributed by atoms with Crippen LogP contribution in [0, 0.1) is 0 Å². The molecule has 0 atom stereocenters. The SMILES string of the molecule is O=C(c1cccs1)N1CCN(Cc2ccccc2C(F)(F)F)CC1. The van der Waals surface area contributed by atoms with Crippen LogP contribution < -0.4 is 0 Å². The molecule has 0 aliphatic carbocycles. The zero-order chi connectivity index (χ0) is 17.2. The summed E-state index contributed by atoms with van der Waals surface area (Å²) in [4.78, 5) is 16.7. The number of thiophene rings is 1. The van der Waals surface area contributed by atoms with Crippen molar-refractivity contribution in [2.24, 2.45) is 0 Å². The second kappa shape index (κ2) is 6.94. The smallest absolute Gasteiger partial charge is 0.335 e. The van der Waals surface area contributed by atoms with E-state index in [0.717, 1.165) is 6.07 Å². The number of rotatable bonds is 3. The lowest BCUT2D eigenvalue weighted by atomic mass is 10.1. The molecular weight excluding hydrogens is 337 g/mol. The van der Waals surface area contributed by atoms with Gasteiger partial charge in [-0.25, -0.2) is 0 Å². The molecule has 0 saturated carbocycles. The minimum atomic E-state index is -4.34. The van der Waals surface area contributed by atoms with Crippen molar-refractivity contribution in [2.45, 2.75) is 12.7 Å². The van der Waals surface area contributed by atoms with Gasteiger partial charge < -0.3 is 4.90 Å². The molecule has 24 heavy (non-hydrogen) atoms. The van der Waals surface area contributed by atoms with Crippen molar-refractivity contribution >= 4 is 17.2 Å². The van der Waals surface area contributed by atoms with Crippen molar-refractivity contribution in [2.75, 3.05) is 26.2 Å². The van der Waals surface area contributed by atoms with Crippen LogP contribution in [0.2, 0.25) is 0 Å². The summed E-state index contributed by atoms with van der Waals surface area (Å²) in [5.41, 5.74) is -0.301. The van der Waals surface area contributed by atoms with E-state index in [-0.39, 0.29) is 18.0 Å². The third kappa shape index (κ3) is 3.79. The Morgan fingerprint density at radius 2 is 1.75 bits per heavy atom. The third-order valence-corrected chi connectivity index (χ3v) is 4.97. The molecule has 0 radical (unpaired) electrons. The second-order valence-electron chi connectivity index (χ2n) is 5.70. The van der Waals surface area contributed by atoms with E-state index in [2.05, 4.69) is 0 Å². The number of hydrogen-bond acceptors (Lipinski definition) is 3. The largest absolute Gasteiger partial charge is 0.416 e. The lowest BCUT2D eigenvalue weighted by Crippen LogP contribution is -2.48. The molecule has 1 amide bonds. The predicted molar refractivity (Wildman–Crippen MR) is 86.9 cm³/mol. The van der Waals surface area contributed by atoms with Gasteiger partial charge in [0.25, 0.3) is 5.91 Å². The number of halogens is 3. The number of piperazine rings is 1. The number of alkyl halides is 3. The van der Waals surface area contributed by atoms with Gasteiger partial charge in [0.2, 0.25) is 0 Å². The average molecular weight is 354 g/mol. The fourth-order valence-electron chi connectivity index (χ4n) is 2.84. The van der Waals surface area contributed by atoms with E-state index < -0.39 is 11.7 Å². The maximum atomic E-state index is 13.1. The lowest BCUT2D eigenvalue weighted by molar-refractivity contribution is -0.138. The molecule has 3 nitrogen and oxygen atoms in total. The van der Waals surface area contributed by atoms with Crippen LogP contribution in [0.4, 0.5) is 13.2 Å². The first kappa shape index (κ1) is 17.0. The molecule has 0 bridgehead atoms. The Balaban J connectivity index is 1.61. The molecule has 1 aromatic heterocycles. The van der Waals surface area contributed by atoms with Crippen LogP contribution >= 0.6 is 11.3 Å². The Labute approximate surface area is 142 Å². The Morgan fingerprint density at radius 3 is 2.38 bits per heavy atom. The zero-order valence-electron chi connectivity index (χ0n) is 12.9. The van der Waals surface area contributed by atoms with Gasteiger partial charge in [-0.05, 0) is 23.1 Å². The van der Waals surface area contributed by atoms with E-state index in [1.54, 1.807) is 17.0 Å². The summed E-state index contributed by atoms with van der Waals surface area (Å²) in [6.45, 7) is 2.46. The average Bonchev–Trinajstić information content (AvgIpc) is 3.09. The van der Waals surface area contributed by atoms with E-state index >= 15 is 0 Å². The van der Waals surface area contributed by atoms with Gasteiger partial charge in [-0.1, -0.05) is 24.3 Å². The Kier molecular flexibility index (Phi) is 4.91. The summed E-state index contributed by atoms with van der Waals surface area (Å²) in [6, 6.07) is 9.30. The summed E-state index contributed by atoms with van der Waals surface area (Å²) in [7, 11) is 0. The molecule has 7 heteroatoms. The molecule has 1 aliphatic rings. The summed E-state index contributed by atoms with van der Waals surface area (Å²) < 4.78 is 39.2. The molecular formula is C17H17F3N2OS. The minimum absolute atomic E-state index is 0.000316. The summed E-state index contributed by atoms with van der Waals surface area (Å²) >= 11 is 1.40. The Bertz CT molecular complexity index is 692. The van der Waals surface area contributed by atoms with Crippen molar-refractivity contribution in [3.63, 3.8) is 0 Å². The number of carbonyl (C=O) groups is 1. The van der Waals surface area contributed by atoms with Gasteiger partial charge in [-0.15, -0.1) is 11.3 Å². The van der Waals surface area contributed by atoms with Crippen LogP contribution in [-0.2, 0) is 12.7 Å². The van der Waals surface area contributed by atoms with Gasteiger partial charge in [0.15, 0.2) is 0 Å². The monoisotopic (exact) mass is 354 g/mol. The quantitative estimate of drug-likeness (QED) is 0.839. The molecule has 2 aromatic rings. The van der Waals surface area contributed by atoms with Crippen molar-refractivity contribution in [3.8, 4) is 0 Å². The van der Waals surface area contributed by atoms with Crippen molar-refractivity contribution in [3.05, 3.63) is 57.8 Å². The van der Waals surface area contributed by atoms with E-state index in [1.165, 1.54) is 23.5 Å². The first-order valence-corrected chi connectivity index (χ1v) is 8.53.